The molecule has 0 bridgehead atoms. The fourth-order valence-electron chi connectivity index (χ4n) is 2.75. The molecule has 1 fully saturated rings. The highest BCUT2D eigenvalue weighted by atomic mass is 16.5. The van der Waals surface area contributed by atoms with Crippen LogP contribution in [0.3, 0.4) is 0 Å². The molecule has 1 aromatic heterocycles. The summed E-state index contributed by atoms with van der Waals surface area (Å²) in [4.78, 5) is 0. The third-order valence-corrected chi connectivity index (χ3v) is 3.91. The van der Waals surface area contributed by atoms with Crippen LogP contribution in [0, 0.1) is 5.92 Å². The molecule has 2 rings (SSSR count). The molecule has 0 aromatic carbocycles. The van der Waals surface area contributed by atoms with Gasteiger partial charge in [0.05, 0.1) is 12.3 Å². The molecule has 1 heterocycles. The number of aromatic nitrogens is 2. The number of methoxy groups -OCH3 is 1. The maximum Gasteiger partial charge on any atom is 0.0752 e. The van der Waals surface area contributed by atoms with Crippen molar-refractivity contribution in [2.75, 3.05) is 13.7 Å². The summed E-state index contributed by atoms with van der Waals surface area (Å²) in [7, 11) is 3.83. The molecule has 2 unspecified atom stereocenters. The smallest absolute Gasteiger partial charge is 0.0752 e. The molecule has 4 heteroatoms. The zero-order valence-corrected chi connectivity index (χ0v) is 12.4. The number of hydrogen-bond donors (Lipinski definition) is 1. The van der Waals surface area contributed by atoms with Gasteiger partial charge in [-0.15, -0.1) is 0 Å². The largest absolute Gasteiger partial charge is 0.380 e. The van der Waals surface area contributed by atoms with E-state index in [1.807, 2.05) is 25.0 Å². The number of aryl methyl sites for hydroxylation is 2. The first kappa shape index (κ1) is 14.5. The molecule has 0 spiro atoms. The molecule has 19 heavy (non-hydrogen) atoms. The van der Waals surface area contributed by atoms with Crippen LogP contribution in [0.1, 0.15) is 38.2 Å². The normalized spacial score (nSPS) is 18.5. The summed E-state index contributed by atoms with van der Waals surface area (Å²) in [6.45, 7) is 3.29. The molecule has 0 radical (unpaired) electrons. The van der Waals surface area contributed by atoms with E-state index in [0.29, 0.717) is 12.1 Å². The molecule has 0 saturated heterocycles. The summed E-state index contributed by atoms with van der Waals surface area (Å²) in [5.41, 5.74) is 1.32. The van der Waals surface area contributed by atoms with Crippen LogP contribution in [0.15, 0.2) is 12.4 Å². The summed E-state index contributed by atoms with van der Waals surface area (Å²) in [5, 5.41) is 7.90. The molecule has 1 N–H and O–H groups in total. The van der Waals surface area contributed by atoms with Gasteiger partial charge in [-0.3, -0.25) is 4.68 Å². The number of ether oxygens (including phenoxy) is 1. The Morgan fingerprint density at radius 2 is 2.32 bits per heavy atom. The van der Waals surface area contributed by atoms with Gasteiger partial charge < -0.3 is 10.1 Å². The number of nitrogens with zero attached hydrogens (tertiary/aromatic N) is 2. The van der Waals surface area contributed by atoms with E-state index in [1.165, 1.54) is 24.8 Å². The summed E-state index contributed by atoms with van der Waals surface area (Å²) in [5.74, 6) is 0.772. The Morgan fingerprint density at radius 3 is 2.84 bits per heavy atom. The standard InChI is InChI=1S/C15H27N3O/c1-4-9-16-14(15(19-3)13-6-7-13)8-5-12-10-17-18(2)11-12/h10-11,13-16H,4-9H2,1-3H3. The van der Waals surface area contributed by atoms with Crippen molar-refractivity contribution < 1.29 is 4.74 Å². The van der Waals surface area contributed by atoms with E-state index in [0.717, 1.165) is 25.3 Å². The highest BCUT2D eigenvalue weighted by Crippen LogP contribution is 2.36. The Hall–Kier alpha value is -0.870. The zero-order valence-electron chi connectivity index (χ0n) is 12.4. The Morgan fingerprint density at radius 1 is 1.53 bits per heavy atom. The summed E-state index contributed by atoms with van der Waals surface area (Å²) < 4.78 is 7.62. The van der Waals surface area contributed by atoms with Gasteiger partial charge in [0.1, 0.15) is 0 Å². The number of rotatable bonds is 9. The topological polar surface area (TPSA) is 39.1 Å². The van der Waals surface area contributed by atoms with Gasteiger partial charge in [0.25, 0.3) is 0 Å². The van der Waals surface area contributed by atoms with Gasteiger partial charge in [-0.2, -0.15) is 5.10 Å². The summed E-state index contributed by atoms with van der Waals surface area (Å²) >= 11 is 0. The zero-order chi connectivity index (χ0) is 13.7. The third kappa shape index (κ3) is 4.32. The van der Waals surface area contributed by atoms with Crippen LogP contribution in [-0.4, -0.2) is 35.6 Å². The second-order valence-electron chi connectivity index (χ2n) is 5.66. The van der Waals surface area contributed by atoms with Gasteiger partial charge in [-0.05, 0) is 50.1 Å². The minimum Gasteiger partial charge on any atom is -0.380 e. The molecule has 108 valence electrons. The van der Waals surface area contributed by atoms with Crippen molar-refractivity contribution in [3.05, 3.63) is 18.0 Å². The van der Waals surface area contributed by atoms with E-state index < -0.39 is 0 Å². The Kier molecular flexibility index (Phi) is 5.40. The van der Waals surface area contributed by atoms with E-state index in [4.69, 9.17) is 4.74 Å². The van der Waals surface area contributed by atoms with Crippen molar-refractivity contribution in [2.45, 2.75) is 51.2 Å². The van der Waals surface area contributed by atoms with E-state index in [9.17, 15) is 0 Å². The molecular formula is C15H27N3O. The van der Waals surface area contributed by atoms with Crippen molar-refractivity contribution in [2.24, 2.45) is 13.0 Å². The third-order valence-electron chi connectivity index (χ3n) is 3.91. The van der Waals surface area contributed by atoms with Crippen LogP contribution in [0.4, 0.5) is 0 Å². The molecule has 4 nitrogen and oxygen atoms in total. The molecule has 0 aliphatic heterocycles. The average molecular weight is 265 g/mol. The van der Waals surface area contributed by atoms with Crippen LogP contribution in [0.25, 0.3) is 0 Å². The van der Waals surface area contributed by atoms with Crippen molar-refractivity contribution in [1.82, 2.24) is 15.1 Å². The van der Waals surface area contributed by atoms with Crippen LogP contribution < -0.4 is 5.32 Å². The van der Waals surface area contributed by atoms with Gasteiger partial charge in [0.2, 0.25) is 0 Å². The van der Waals surface area contributed by atoms with Crippen molar-refractivity contribution in [3.8, 4) is 0 Å². The first-order valence-corrected chi connectivity index (χ1v) is 7.48. The van der Waals surface area contributed by atoms with Gasteiger partial charge >= 0.3 is 0 Å². The van der Waals surface area contributed by atoms with Gasteiger partial charge in [0.15, 0.2) is 0 Å². The average Bonchev–Trinajstić information content (AvgIpc) is 3.15. The molecule has 1 aliphatic rings. The lowest BCUT2D eigenvalue weighted by molar-refractivity contribution is 0.0485. The predicted octanol–water partition coefficient (Wildman–Crippen LogP) is 2.15. The second-order valence-corrected chi connectivity index (χ2v) is 5.66. The van der Waals surface area contributed by atoms with Crippen LogP contribution in [0.5, 0.6) is 0 Å². The maximum absolute atomic E-state index is 5.74. The second kappa shape index (κ2) is 7.06. The predicted molar refractivity (Wildman–Crippen MR) is 77.1 cm³/mol. The van der Waals surface area contributed by atoms with E-state index in [1.54, 1.807) is 0 Å². The van der Waals surface area contributed by atoms with Crippen molar-refractivity contribution in [3.63, 3.8) is 0 Å². The highest BCUT2D eigenvalue weighted by Gasteiger charge is 2.36. The van der Waals surface area contributed by atoms with Crippen LogP contribution in [0.2, 0.25) is 0 Å². The minimum atomic E-state index is 0.378. The number of hydrogen-bond acceptors (Lipinski definition) is 3. The van der Waals surface area contributed by atoms with Crippen molar-refractivity contribution in [1.29, 1.82) is 0 Å². The summed E-state index contributed by atoms with van der Waals surface area (Å²) in [6.07, 6.45) is 10.5. The SMILES string of the molecule is CCCNC(CCc1cnn(C)c1)C(OC)C1CC1. The molecule has 1 aromatic rings. The first-order chi connectivity index (χ1) is 9.24. The monoisotopic (exact) mass is 265 g/mol. The lowest BCUT2D eigenvalue weighted by Crippen LogP contribution is -2.43. The van der Waals surface area contributed by atoms with E-state index >= 15 is 0 Å². The molecular weight excluding hydrogens is 238 g/mol. The van der Waals surface area contributed by atoms with Gasteiger partial charge in [-0.25, -0.2) is 0 Å². The lowest BCUT2D eigenvalue weighted by atomic mass is 9.99. The molecule has 1 aliphatic carbocycles. The molecule has 1 saturated carbocycles. The van der Waals surface area contributed by atoms with E-state index in [-0.39, 0.29) is 0 Å². The van der Waals surface area contributed by atoms with Crippen LogP contribution in [-0.2, 0) is 18.2 Å². The lowest BCUT2D eigenvalue weighted by Gasteiger charge is -2.27. The molecule has 2 atom stereocenters. The molecule has 0 amide bonds. The van der Waals surface area contributed by atoms with Gasteiger partial charge in [0, 0.05) is 26.4 Å². The van der Waals surface area contributed by atoms with Crippen LogP contribution >= 0.6 is 0 Å². The summed E-state index contributed by atoms with van der Waals surface area (Å²) in [6, 6.07) is 0.470. The maximum atomic E-state index is 5.74. The number of nitrogens with one attached hydrogen (secondary N) is 1. The fraction of sp³-hybridized carbons (Fsp3) is 0.800. The Bertz CT molecular complexity index is 373. The Labute approximate surface area is 116 Å². The van der Waals surface area contributed by atoms with E-state index in [2.05, 4.69) is 23.5 Å². The minimum absolute atomic E-state index is 0.378. The van der Waals surface area contributed by atoms with Crippen molar-refractivity contribution >= 4 is 0 Å². The quantitative estimate of drug-likeness (QED) is 0.743. The highest BCUT2D eigenvalue weighted by molar-refractivity contribution is 5.04. The van der Waals surface area contributed by atoms with Gasteiger partial charge in [-0.1, -0.05) is 6.92 Å². The first-order valence-electron chi connectivity index (χ1n) is 7.48. The fourth-order valence-corrected chi connectivity index (χ4v) is 2.75. The Balaban J connectivity index is 1.88.